The maximum atomic E-state index is 13.9. The molecular weight excluding hydrogens is 678 g/mol. The standard InChI is InChI=1S/C49H36FN5/c1-49(2)43-26-23-37(27-40(43)42-30-52-48(41(29-51)46(42)49)53-39-11-7-4-8-12-39)33-13-17-34(18-14-33)44-28-45(35-21-24-38(50)25-22-35)55-47(54-44)36-19-15-32(16-20-36)31-9-5-3-6-10-31/h3-30,51H,1-2H3,(H,52,53). The zero-order valence-corrected chi connectivity index (χ0v) is 30.4. The van der Waals surface area contributed by atoms with Crippen molar-refractivity contribution in [3.8, 4) is 67.3 Å². The zero-order valence-electron chi connectivity index (χ0n) is 30.4. The molecule has 0 saturated heterocycles. The fourth-order valence-corrected chi connectivity index (χ4v) is 7.70. The van der Waals surface area contributed by atoms with E-state index in [4.69, 9.17) is 20.4 Å². The summed E-state index contributed by atoms with van der Waals surface area (Å²) in [4.78, 5) is 14.8. The molecule has 2 heterocycles. The Morgan fingerprint density at radius 3 is 1.73 bits per heavy atom. The van der Waals surface area contributed by atoms with Crippen LogP contribution in [0.5, 0.6) is 0 Å². The number of aromatic nitrogens is 3. The van der Waals surface area contributed by atoms with E-state index in [0.29, 0.717) is 11.6 Å². The fraction of sp³-hybridized carbons (Fsp3) is 0.0612. The number of hydrogen-bond donors (Lipinski definition) is 2. The van der Waals surface area contributed by atoms with Crippen molar-refractivity contribution in [2.45, 2.75) is 19.3 Å². The van der Waals surface area contributed by atoms with Gasteiger partial charge in [-0.3, -0.25) is 0 Å². The Kier molecular flexibility index (Phi) is 8.43. The van der Waals surface area contributed by atoms with Crippen molar-refractivity contribution in [2.75, 3.05) is 5.32 Å². The van der Waals surface area contributed by atoms with Gasteiger partial charge in [-0.15, -0.1) is 0 Å². The summed E-state index contributed by atoms with van der Waals surface area (Å²) in [6.07, 6.45) is 3.36. The van der Waals surface area contributed by atoms with Crippen molar-refractivity contribution < 1.29 is 4.39 Å². The number of para-hydroxylation sites is 1. The van der Waals surface area contributed by atoms with Crippen LogP contribution in [0.1, 0.15) is 30.5 Å². The normalized spacial score (nSPS) is 12.5. The van der Waals surface area contributed by atoms with E-state index in [1.807, 2.05) is 72.9 Å². The molecule has 0 unspecified atom stereocenters. The minimum absolute atomic E-state index is 0.291. The molecule has 55 heavy (non-hydrogen) atoms. The predicted molar refractivity (Wildman–Crippen MR) is 222 cm³/mol. The van der Waals surface area contributed by atoms with Crippen LogP contribution in [-0.2, 0) is 5.41 Å². The van der Waals surface area contributed by atoms with Gasteiger partial charge in [-0.2, -0.15) is 0 Å². The molecule has 0 atom stereocenters. The molecule has 0 radical (unpaired) electrons. The summed E-state index contributed by atoms with van der Waals surface area (Å²) in [5.74, 6) is 0.983. The summed E-state index contributed by atoms with van der Waals surface area (Å²) >= 11 is 0. The van der Waals surface area contributed by atoms with Crippen molar-refractivity contribution in [2.24, 2.45) is 0 Å². The highest BCUT2D eigenvalue weighted by Gasteiger charge is 2.38. The first-order chi connectivity index (χ1) is 26.9. The van der Waals surface area contributed by atoms with Crippen LogP contribution in [0.3, 0.4) is 0 Å². The lowest BCUT2D eigenvalue weighted by molar-refractivity contribution is 0.628. The van der Waals surface area contributed by atoms with E-state index in [-0.39, 0.29) is 11.2 Å². The lowest BCUT2D eigenvalue weighted by Gasteiger charge is -2.24. The molecule has 2 aromatic heterocycles. The first-order valence-corrected chi connectivity index (χ1v) is 18.3. The van der Waals surface area contributed by atoms with Crippen molar-refractivity contribution in [3.63, 3.8) is 0 Å². The van der Waals surface area contributed by atoms with Crippen molar-refractivity contribution in [1.82, 2.24) is 15.0 Å². The van der Waals surface area contributed by atoms with Crippen LogP contribution in [0, 0.1) is 11.2 Å². The number of nitrogens with one attached hydrogen (secondary N) is 2. The maximum Gasteiger partial charge on any atom is 0.160 e. The number of halogens is 1. The monoisotopic (exact) mass is 713 g/mol. The number of benzene rings is 6. The molecule has 1 aliphatic carbocycles. The van der Waals surface area contributed by atoms with Crippen LogP contribution in [0.25, 0.3) is 67.3 Å². The van der Waals surface area contributed by atoms with Crippen molar-refractivity contribution in [3.05, 3.63) is 186 Å². The maximum absolute atomic E-state index is 13.9. The lowest BCUT2D eigenvalue weighted by Crippen LogP contribution is -2.18. The Balaban J connectivity index is 1.06. The third-order valence-corrected chi connectivity index (χ3v) is 10.5. The van der Waals surface area contributed by atoms with E-state index in [1.165, 1.54) is 23.9 Å². The SMILES string of the molecule is CC1(C)c2ccc(-c3ccc(-c4cc(-c5ccc(F)cc5)nc(-c5ccc(-c6ccccc6)cc5)n4)cc3)cc2-c2cnc(Nc3ccccc3)c(C=N)c21. The predicted octanol–water partition coefficient (Wildman–Crippen LogP) is 12.4. The van der Waals surface area contributed by atoms with Crippen LogP contribution in [0.15, 0.2) is 164 Å². The summed E-state index contributed by atoms with van der Waals surface area (Å²) < 4.78 is 13.9. The Labute approximate surface area is 319 Å². The van der Waals surface area contributed by atoms with Gasteiger partial charge in [0.05, 0.1) is 11.4 Å². The molecule has 0 amide bonds. The van der Waals surface area contributed by atoms with Crippen molar-refractivity contribution in [1.29, 1.82) is 5.41 Å². The molecular formula is C49H36FN5. The molecule has 2 N–H and O–H groups in total. The van der Waals surface area contributed by atoms with Gasteiger partial charge in [-0.1, -0.05) is 123 Å². The molecule has 1 aliphatic rings. The zero-order chi connectivity index (χ0) is 37.5. The van der Waals surface area contributed by atoms with Gasteiger partial charge in [-0.05, 0) is 87.5 Å². The first-order valence-electron chi connectivity index (χ1n) is 18.3. The fourth-order valence-electron chi connectivity index (χ4n) is 7.70. The molecule has 5 nitrogen and oxygen atoms in total. The smallest absolute Gasteiger partial charge is 0.160 e. The minimum atomic E-state index is -0.315. The largest absolute Gasteiger partial charge is 0.340 e. The highest BCUT2D eigenvalue weighted by molar-refractivity contribution is 5.96. The number of nitrogens with zero attached hydrogens (tertiary/aromatic N) is 3. The van der Waals surface area contributed by atoms with Crippen LogP contribution in [-0.4, -0.2) is 21.2 Å². The number of fused-ring (bicyclic) bond motifs is 3. The minimum Gasteiger partial charge on any atom is -0.340 e. The van der Waals surface area contributed by atoms with Crippen LogP contribution >= 0.6 is 0 Å². The third-order valence-electron chi connectivity index (χ3n) is 10.5. The molecule has 6 heteroatoms. The highest BCUT2D eigenvalue weighted by Crippen LogP contribution is 2.51. The van der Waals surface area contributed by atoms with E-state index in [1.54, 1.807) is 12.1 Å². The van der Waals surface area contributed by atoms with Crippen molar-refractivity contribution >= 4 is 17.7 Å². The Morgan fingerprint density at radius 2 is 1.09 bits per heavy atom. The molecule has 6 aromatic carbocycles. The molecule has 0 spiro atoms. The summed E-state index contributed by atoms with van der Waals surface area (Å²) in [6.45, 7) is 4.44. The van der Waals surface area contributed by atoms with Gasteiger partial charge < -0.3 is 10.7 Å². The van der Waals surface area contributed by atoms with E-state index >= 15 is 0 Å². The summed E-state index contributed by atoms with van der Waals surface area (Å²) in [6, 6.07) is 51.9. The average Bonchev–Trinajstić information content (AvgIpc) is 3.47. The highest BCUT2D eigenvalue weighted by atomic mass is 19.1. The van der Waals surface area contributed by atoms with Gasteiger partial charge in [0.25, 0.3) is 0 Å². The number of pyridine rings is 1. The molecule has 9 rings (SSSR count). The Morgan fingerprint density at radius 1 is 0.564 bits per heavy atom. The second kappa shape index (κ2) is 13.7. The molecule has 8 aromatic rings. The van der Waals surface area contributed by atoms with Crippen LogP contribution in [0.2, 0.25) is 0 Å². The summed E-state index contributed by atoms with van der Waals surface area (Å²) in [5.41, 5.74) is 14.5. The number of rotatable bonds is 8. The topological polar surface area (TPSA) is 74.6 Å². The summed E-state index contributed by atoms with van der Waals surface area (Å²) in [7, 11) is 0. The van der Waals surface area contributed by atoms with E-state index in [0.717, 1.165) is 78.3 Å². The van der Waals surface area contributed by atoms with Gasteiger partial charge in [0.1, 0.15) is 11.6 Å². The number of hydrogen-bond acceptors (Lipinski definition) is 5. The van der Waals surface area contributed by atoms with Gasteiger partial charge >= 0.3 is 0 Å². The van der Waals surface area contributed by atoms with E-state index in [2.05, 4.69) is 85.9 Å². The summed E-state index contributed by atoms with van der Waals surface area (Å²) in [5, 5.41) is 11.8. The van der Waals surface area contributed by atoms with E-state index < -0.39 is 0 Å². The quantitative estimate of drug-likeness (QED) is 0.154. The Bertz CT molecular complexity index is 2690. The van der Waals surface area contributed by atoms with E-state index in [9.17, 15) is 4.39 Å². The van der Waals surface area contributed by atoms with Gasteiger partial charge in [0.15, 0.2) is 5.82 Å². The second-order valence-electron chi connectivity index (χ2n) is 14.3. The second-order valence-corrected chi connectivity index (χ2v) is 14.3. The molecule has 0 bridgehead atoms. The molecule has 0 fully saturated rings. The molecule has 264 valence electrons. The number of anilines is 2. The van der Waals surface area contributed by atoms with Crippen LogP contribution in [0.4, 0.5) is 15.9 Å². The Hall–Kier alpha value is -7.05. The average molecular weight is 714 g/mol. The van der Waals surface area contributed by atoms with Gasteiger partial charge in [-0.25, -0.2) is 19.3 Å². The van der Waals surface area contributed by atoms with Gasteiger partial charge in [0, 0.05) is 51.3 Å². The first kappa shape index (κ1) is 33.8. The molecule has 0 aliphatic heterocycles. The van der Waals surface area contributed by atoms with Gasteiger partial charge in [0.2, 0.25) is 0 Å². The van der Waals surface area contributed by atoms with Crippen LogP contribution < -0.4 is 5.32 Å². The lowest BCUT2D eigenvalue weighted by atomic mass is 9.80. The third kappa shape index (κ3) is 6.28. The molecule has 0 saturated carbocycles.